The maximum absolute atomic E-state index is 12.0. The summed E-state index contributed by atoms with van der Waals surface area (Å²) in [6.45, 7) is 2.00. The molecule has 3 nitrogen and oxygen atoms in total. The molecule has 0 atom stereocenters. The summed E-state index contributed by atoms with van der Waals surface area (Å²) in [7, 11) is 0. The molecule has 6 heteroatoms. The predicted octanol–water partition coefficient (Wildman–Crippen LogP) is 3.20. The summed E-state index contributed by atoms with van der Waals surface area (Å²) in [5, 5.41) is 8.40. The molecule has 2 rings (SSSR count). The minimum atomic E-state index is -4.42. The largest absolute Gasteiger partial charge is 0.478 e. The Labute approximate surface area is 102 Å². The lowest BCUT2D eigenvalue weighted by atomic mass is 10.1. The zero-order valence-electron chi connectivity index (χ0n) is 9.54. The minimum Gasteiger partial charge on any atom is -0.478 e. The molecule has 1 heterocycles. The molecule has 1 aromatic rings. The van der Waals surface area contributed by atoms with Crippen molar-refractivity contribution < 1.29 is 27.8 Å². The quantitative estimate of drug-likeness (QED) is 0.845. The van der Waals surface area contributed by atoms with E-state index in [1.165, 1.54) is 12.8 Å². The van der Waals surface area contributed by atoms with E-state index in [2.05, 4.69) is 0 Å². The Balaban J connectivity index is 0.000000269. The number of halogens is 3. The molecule has 1 aliphatic rings. The molecule has 0 bridgehead atoms. The number of alkyl halides is 3. The molecule has 0 amide bonds. The van der Waals surface area contributed by atoms with Crippen molar-refractivity contribution in [3.05, 3.63) is 35.4 Å². The Kier molecular flexibility index (Phi) is 5.15. The second kappa shape index (κ2) is 6.39. The van der Waals surface area contributed by atoms with Gasteiger partial charge in [0.05, 0.1) is 11.1 Å². The highest BCUT2D eigenvalue weighted by atomic mass is 19.4. The summed E-state index contributed by atoms with van der Waals surface area (Å²) in [6, 6.07) is 3.32. The fourth-order valence-corrected chi connectivity index (χ4v) is 1.31. The highest BCUT2D eigenvalue weighted by Gasteiger charge is 2.30. The zero-order valence-corrected chi connectivity index (χ0v) is 9.54. The minimum absolute atomic E-state index is 0.159. The molecule has 1 fully saturated rings. The highest BCUT2D eigenvalue weighted by molar-refractivity contribution is 5.87. The van der Waals surface area contributed by atoms with Crippen LogP contribution in [0.2, 0.25) is 0 Å². The average molecular weight is 262 g/mol. The molecule has 1 aliphatic heterocycles. The Morgan fingerprint density at radius 1 is 1.11 bits per heavy atom. The number of hydrogen-bond donors (Lipinski definition) is 1. The van der Waals surface area contributed by atoms with Gasteiger partial charge in [-0.1, -0.05) is 0 Å². The topological polar surface area (TPSA) is 46.5 Å². The first-order valence-corrected chi connectivity index (χ1v) is 5.39. The summed E-state index contributed by atoms with van der Waals surface area (Å²) in [5.41, 5.74) is -1.01. The van der Waals surface area contributed by atoms with E-state index in [9.17, 15) is 18.0 Å². The molecule has 1 N–H and O–H groups in total. The number of carbonyl (C=O) groups is 1. The molecular formula is C12H13F3O3. The molecule has 100 valence electrons. The first kappa shape index (κ1) is 14.5. The monoisotopic (exact) mass is 262 g/mol. The van der Waals surface area contributed by atoms with Crippen LogP contribution < -0.4 is 0 Å². The Morgan fingerprint density at radius 3 is 1.89 bits per heavy atom. The smallest absolute Gasteiger partial charge is 0.416 e. The van der Waals surface area contributed by atoms with Gasteiger partial charge in [0.1, 0.15) is 0 Å². The third-order valence-corrected chi connectivity index (χ3v) is 2.29. The van der Waals surface area contributed by atoms with Gasteiger partial charge in [0.25, 0.3) is 0 Å². The second-order valence-corrected chi connectivity index (χ2v) is 3.70. The van der Waals surface area contributed by atoms with Gasteiger partial charge >= 0.3 is 12.1 Å². The number of rotatable bonds is 1. The number of carboxylic acid groups (broad SMARTS) is 1. The standard InChI is InChI=1S/C8H5F3O2.C4H8O/c9-8(10,11)6-3-1-5(2-4-6)7(12)13;1-2-4-5-3-1/h1-4H,(H,12,13);1-4H2. The maximum atomic E-state index is 12.0. The fraction of sp³-hybridized carbons (Fsp3) is 0.417. The van der Waals surface area contributed by atoms with Crippen LogP contribution in [-0.4, -0.2) is 24.3 Å². The van der Waals surface area contributed by atoms with Crippen molar-refractivity contribution in [1.29, 1.82) is 0 Å². The number of hydrogen-bond acceptors (Lipinski definition) is 2. The third kappa shape index (κ3) is 4.75. The molecule has 1 aromatic carbocycles. The van der Waals surface area contributed by atoms with Gasteiger partial charge in [0, 0.05) is 13.2 Å². The Hall–Kier alpha value is -1.56. The van der Waals surface area contributed by atoms with Crippen LogP contribution in [0.3, 0.4) is 0 Å². The van der Waals surface area contributed by atoms with Crippen molar-refractivity contribution in [1.82, 2.24) is 0 Å². The van der Waals surface area contributed by atoms with Crippen LogP contribution in [0, 0.1) is 0 Å². The molecule has 0 saturated carbocycles. The van der Waals surface area contributed by atoms with Gasteiger partial charge in [-0.25, -0.2) is 4.79 Å². The summed E-state index contributed by atoms with van der Waals surface area (Å²) in [4.78, 5) is 10.3. The zero-order chi connectivity index (χ0) is 13.6. The van der Waals surface area contributed by atoms with Gasteiger partial charge in [-0.15, -0.1) is 0 Å². The van der Waals surface area contributed by atoms with Gasteiger partial charge in [-0.3, -0.25) is 0 Å². The Bertz CT molecular complexity index is 373. The molecule has 0 spiro atoms. The van der Waals surface area contributed by atoms with Gasteiger partial charge in [-0.05, 0) is 37.1 Å². The molecular weight excluding hydrogens is 249 g/mol. The van der Waals surface area contributed by atoms with Crippen molar-refractivity contribution in [3.63, 3.8) is 0 Å². The van der Waals surface area contributed by atoms with Crippen molar-refractivity contribution >= 4 is 5.97 Å². The van der Waals surface area contributed by atoms with Crippen molar-refractivity contribution in [3.8, 4) is 0 Å². The lowest BCUT2D eigenvalue weighted by molar-refractivity contribution is -0.137. The summed E-state index contributed by atoms with van der Waals surface area (Å²) in [5.74, 6) is -1.24. The van der Waals surface area contributed by atoms with Crippen molar-refractivity contribution in [2.45, 2.75) is 19.0 Å². The van der Waals surface area contributed by atoms with Crippen LogP contribution in [-0.2, 0) is 10.9 Å². The lowest BCUT2D eigenvalue weighted by Crippen LogP contribution is -2.05. The van der Waals surface area contributed by atoms with Crippen LogP contribution in [0.15, 0.2) is 24.3 Å². The summed E-state index contributed by atoms with van der Waals surface area (Å²) in [6.07, 6.45) is -1.86. The fourth-order valence-electron chi connectivity index (χ4n) is 1.31. The lowest BCUT2D eigenvalue weighted by Gasteiger charge is -2.05. The molecule has 0 unspecified atom stereocenters. The van der Waals surface area contributed by atoms with E-state index in [0.29, 0.717) is 0 Å². The molecule has 0 aromatic heterocycles. The van der Waals surface area contributed by atoms with E-state index in [1.54, 1.807) is 0 Å². The number of aromatic carboxylic acids is 1. The predicted molar refractivity (Wildman–Crippen MR) is 58.5 cm³/mol. The molecule has 0 aliphatic carbocycles. The van der Waals surface area contributed by atoms with E-state index in [4.69, 9.17) is 9.84 Å². The van der Waals surface area contributed by atoms with Gasteiger partial charge in [-0.2, -0.15) is 13.2 Å². The normalized spacial score (nSPS) is 14.8. The van der Waals surface area contributed by atoms with E-state index in [1.807, 2.05) is 0 Å². The van der Waals surface area contributed by atoms with Crippen molar-refractivity contribution in [2.24, 2.45) is 0 Å². The van der Waals surface area contributed by atoms with E-state index in [-0.39, 0.29) is 5.56 Å². The van der Waals surface area contributed by atoms with Gasteiger partial charge in [0.15, 0.2) is 0 Å². The molecule has 0 radical (unpaired) electrons. The summed E-state index contributed by atoms with van der Waals surface area (Å²) >= 11 is 0. The van der Waals surface area contributed by atoms with Crippen LogP contribution >= 0.6 is 0 Å². The van der Waals surface area contributed by atoms with E-state index >= 15 is 0 Å². The Morgan fingerprint density at radius 2 is 1.61 bits per heavy atom. The van der Waals surface area contributed by atoms with E-state index < -0.39 is 17.7 Å². The maximum Gasteiger partial charge on any atom is 0.416 e. The number of benzene rings is 1. The summed E-state index contributed by atoms with van der Waals surface area (Å²) < 4.78 is 40.9. The van der Waals surface area contributed by atoms with Crippen LogP contribution in [0.5, 0.6) is 0 Å². The first-order chi connectivity index (χ1) is 8.41. The highest BCUT2D eigenvalue weighted by Crippen LogP contribution is 2.28. The second-order valence-electron chi connectivity index (χ2n) is 3.70. The SMILES string of the molecule is C1CCOC1.O=C(O)c1ccc(C(F)(F)F)cc1. The van der Waals surface area contributed by atoms with Gasteiger partial charge < -0.3 is 9.84 Å². The van der Waals surface area contributed by atoms with E-state index in [0.717, 1.165) is 37.5 Å². The first-order valence-electron chi connectivity index (χ1n) is 5.39. The number of carboxylic acids is 1. The average Bonchev–Trinajstić information content (AvgIpc) is 2.86. The third-order valence-electron chi connectivity index (χ3n) is 2.29. The molecule has 18 heavy (non-hydrogen) atoms. The van der Waals surface area contributed by atoms with Crippen molar-refractivity contribution in [2.75, 3.05) is 13.2 Å². The van der Waals surface area contributed by atoms with Gasteiger partial charge in [0.2, 0.25) is 0 Å². The van der Waals surface area contributed by atoms with Crippen LogP contribution in [0.4, 0.5) is 13.2 Å². The number of ether oxygens (including phenoxy) is 1. The molecule has 1 saturated heterocycles. The van der Waals surface area contributed by atoms with Crippen LogP contribution in [0.25, 0.3) is 0 Å². The van der Waals surface area contributed by atoms with Crippen LogP contribution in [0.1, 0.15) is 28.8 Å².